The van der Waals surface area contributed by atoms with E-state index >= 15 is 0 Å². The standard InChI is InChI=1S/C22H25FN2O3/c23-19-7-4-17(5-8-19)2-1-3-22(26)25-12-10-24(11-13-25)15-18-6-9-20-21(14-18)28-16-27-20/h4-9,14H,1-3,10-13,15-16H2. The second-order valence-corrected chi connectivity index (χ2v) is 7.32. The summed E-state index contributed by atoms with van der Waals surface area (Å²) in [6.07, 6.45) is 2.14. The number of aryl methyl sites for hydroxylation is 1. The van der Waals surface area contributed by atoms with Crippen LogP contribution in [0.3, 0.4) is 0 Å². The number of halogens is 1. The number of nitrogens with zero attached hydrogens (tertiary/aromatic N) is 2. The van der Waals surface area contributed by atoms with E-state index < -0.39 is 0 Å². The van der Waals surface area contributed by atoms with Gasteiger partial charge in [0.2, 0.25) is 12.7 Å². The number of piperazine rings is 1. The Bertz CT molecular complexity index is 817. The molecule has 2 aliphatic rings. The van der Waals surface area contributed by atoms with E-state index in [2.05, 4.69) is 11.0 Å². The molecule has 5 nitrogen and oxygen atoms in total. The number of fused-ring (bicyclic) bond motifs is 1. The van der Waals surface area contributed by atoms with Crippen LogP contribution in [0.1, 0.15) is 24.0 Å². The van der Waals surface area contributed by atoms with Gasteiger partial charge in [-0.2, -0.15) is 0 Å². The SMILES string of the molecule is O=C(CCCc1ccc(F)cc1)N1CCN(Cc2ccc3c(c2)OCO3)CC1. The topological polar surface area (TPSA) is 42.0 Å². The third kappa shape index (κ3) is 4.62. The third-order valence-electron chi connectivity index (χ3n) is 5.34. The van der Waals surface area contributed by atoms with Crippen LogP contribution < -0.4 is 9.47 Å². The largest absolute Gasteiger partial charge is 0.454 e. The average Bonchev–Trinajstić information content (AvgIpc) is 3.18. The van der Waals surface area contributed by atoms with Crippen molar-refractivity contribution in [2.75, 3.05) is 33.0 Å². The van der Waals surface area contributed by atoms with Crippen molar-refractivity contribution in [2.24, 2.45) is 0 Å². The molecule has 1 fully saturated rings. The number of carbonyl (C=O) groups excluding carboxylic acids is 1. The van der Waals surface area contributed by atoms with E-state index in [-0.39, 0.29) is 11.7 Å². The van der Waals surface area contributed by atoms with E-state index in [9.17, 15) is 9.18 Å². The van der Waals surface area contributed by atoms with Gasteiger partial charge >= 0.3 is 0 Å². The number of carbonyl (C=O) groups is 1. The summed E-state index contributed by atoms with van der Waals surface area (Å²) in [5.74, 6) is 1.61. The van der Waals surface area contributed by atoms with Crippen LogP contribution in [0, 0.1) is 5.82 Å². The Labute approximate surface area is 164 Å². The minimum absolute atomic E-state index is 0.213. The molecule has 0 saturated carbocycles. The summed E-state index contributed by atoms with van der Waals surface area (Å²) >= 11 is 0. The van der Waals surface area contributed by atoms with Crippen LogP contribution in [-0.2, 0) is 17.8 Å². The van der Waals surface area contributed by atoms with Crippen molar-refractivity contribution >= 4 is 5.91 Å². The Balaban J connectivity index is 1.19. The molecule has 1 saturated heterocycles. The quantitative estimate of drug-likeness (QED) is 0.767. The summed E-state index contributed by atoms with van der Waals surface area (Å²) in [7, 11) is 0. The van der Waals surface area contributed by atoms with Crippen molar-refractivity contribution in [1.82, 2.24) is 9.80 Å². The van der Waals surface area contributed by atoms with Crippen LogP contribution in [0.4, 0.5) is 4.39 Å². The molecule has 0 unspecified atom stereocenters. The lowest BCUT2D eigenvalue weighted by Gasteiger charge is -2.34. The van der Waals surface area contributed by atoms with Gasteiger partial charge in [0.25, 0.3) is 0 Å². The molecule has 2 aromatic carbocycles. The van der Waals surface area contributed by atoms with Crippen molar-refractivity contribution in [2.45, 2.75) is 25.8 Å². The van der Waals surface area contributed by atoms with E-state index in [1.54, 1.807) is 12.1 Å². The zero-order valence-corrected chi connectivity index (χ0v) is 15.9. The highest BCUT2D eigenvalue weighted by atomic mass is 19.1. The maximum atomic E-state index is 12.9. The fraction of sp³-hybridized carbons (Fsp3) is 0.409. The molecule has 1 amide bonds. The van der Waals surface area contributed by atoms with Gasteiger partial charge in [0.15, 0.2) is 11.5 Å². The molecule has 2 aliphatic heterocycles. The first-order valence-electron chi connectivity index (χ1n) is 9.80. The number of hydrogen-bond acceptors (Lipinski definition) is 4. The van der Waals surface area contributed by atoms with Gasteiger partial charge in [-0.05, 0) is 48.2 Å². The molecule has 0 atom stereocenters. The van der Waals surface area contributed by atoms with E-state index in [1.807, 2.05) is 17.0 Å². The van der Waals surface area contributed by atoms with Crippen molar-refractivity contribution in [3.63, 3.8) is 0 Å². The highest BCUT2D eigenvalue weighted by Gasteiger charge is 2.21. The lowest BCUT2D eigenvalue weighted by molar-refractivity contribution is -0.133. The van der Waals surface area contributed by atoms with Gasteiger partial charge in [-0.15, -0.1) is 0 Å². The van der Waals surface area contributed by atoms with Gasteiger partial charge in [0.05, 0.1) is 0 Å². The van der Waals surface area contributed by atoms with Crippen molar-refractivity contribution in [3.05, 3.63) is 59.4 Å². The smallest absolute Gasteiger partial charge is 0.231 e. The maximum absolute atomic E-state index is 12.9. The lowest BCUT2D eigenvalue weighted by Crippen LogP contribution is -2.48. The molecule has 2 aromatic rings. The predicted octanol–water partition coefficient (Wildman–Crippen LogP) is 3.22. The summed E-state index contributed by atoms with van der Waals surface area (Å²) in [6.45, 7) is 4.42. The summed E-state index contributed by atoms with van der Waals surface area (Å²) < 4.78 is 23.7. The summed E-state index contributed by atoms with van der Waals surface area (Å²) in [5.41, 5.74) is 2.27. The first kappa shape index (κ1) is 18.7. The molecule has 0 aromatic heterocycles. The average molecular weight is 384 g/mol. The Morgan fingerprint density at radius 2 is 1.64 bits per heavy atom. The minimum atomic E-state index is -0.224. The first-order chi connectivity index (χ1) is 13.7. The van der Waals surface area contributed by atoms with Crippen LogP contribution in [0.25, 0.3) is 0 Å². The van der Waals surface area contributed by atoms with Crippen molar-refractivity contribution in [3.8, 4) is 11.5 Å². The van der Waals surface area contributed by atoms with E-state index in [4.69, 9.17) is 9.47 Å². The number of hydrogen-bond donors (Lipinski definition) is 0. The number of benzene rings is 2. The Morgan fingerprint density at radius 1 is 0.929 bits per heavy atom. The van der Waals surface area contributed by atoms with Gasteiger partial charge < -0.3 is 14.4 Å². The van der Waals surface area contributed by atoms with Gasteiger partial charge in [-0.3, -0.25) is 9.69 Å². The molecule has 0 aliphatic carbocycles. The second-order valence-electron chi connectivity index (χ2n) is 7.32. The Morgan fingerprint density at radius 3 is 2.43 bits per heavy atom. The monoisotopic (exact) mass is 384 g/mol. The van der Waals surface area contributed by atoms with Crippen LogP contribution in [0.5, 0.6) is 11.5 Å². The fourth-order valence-corrected chi connectivity index (χ4v) is 3.71. The highest BCUT2D eigenvalue weighted by Crippen LogP contribution is 2.32. The predicted molar refractivity (Wildman–Crippen MR) is 104 cm³/mol. The lowest BCUT2D eigenvalue weighted by atomic mass is 10.1. The number of rotatable bonds is 6. The molecule has 2 heterocycles. The molecule has 148 valence electrons. The molecule has 0 bridgehead atoms. The zero-order valence-electron chi connectivity index (χ0n) is 15.9. The van der Waals surface area contributed by atoms with Crippen molar-refractivity contribution in [1.29, 1.82) is 0 Å². The van der Waals surface area contributed by atoms with Crippen LogP contribution in [0.2, 0.25) is 0 Å². The molecule has 0 radical (unpaired) electrons. The Kier molecular flexibility index (Phi) is 5.76. The molecular formula is C22H25FN2O3. The summed E-state index contributed by atoms with van der Waals surface area (Å²) in [4.78, 5) is 16.8. The van der Waals surface area contributed by atoms with Gasteiger partial charge in [0.1, 0.15) is 5.82 Å². The zero-order chi connectivity index (χ0) is 19.3. The fourth-order valence-electron chi connectivity index (χ4n) is 3.71. The van der Waals surface area contributed by atoms with Crippen LogP contribution in [-0.4, -0.2) is 48.7 Å². The van der Waals surface area contributed by atoms with Crippen LogP contribution >= 0.6 is 0 Å². The normalized spacial score (nSPS) is 16.4. The molecule has 28 heavy (non-hydrogen) atoms. The third-order valence-corrected chi connectivity index (χ3v) is 5.34. The Hall–Kier alpha value is -2.60. The molecule has 0 spiro atoms. The van der Waals surface area contributed by atoms with Crippen LogP contribution in [0.15, 0.2) is 42.5 Å². The van der Waals surface area contributed by atoms with Gasteiger partial charge in [-0.25, -0.2) is 4.39 Å². The summed E-state index contributed by atoms with van der Waals surface area (Å²) in [5, 5.41) is 0. The molecule has 6 heteroatoms. The minimum Gasteiger partial charge on any atom is -0.454 e. The van der Waals surface area contributed by atoms with E-state index in [1.165, 1.54) is 17.7 Å². The van der Waals surface area contributed by atoms with Crippen molar-refractivity contribution < 1.29 is 18.7 Å². The van der Waals surface area contributed by atoms with Gasteiger partial charge in [0, 0.05) is 39.1 Å². The number of ether oxygens (including phenoxy) is 2. The molecule has 4 rings (SSSR count). The summed E-state index contributed by atoms with van der Waals surface area (Å²) in [6, 6.07) is 12.6. The second kappa shape index (κ2) is 8.61. The maximum Gasteiger partial charge on any atom is 0.231 e. The van der Waals surface area contributed by atoms with Gasteiger partial charge in [-0.1, -0.05) is 18.2 Å². The number of amides is 1. The van der Waals surface area contributed by atoms with E-state index in [0.29, 0.717) is 13.2 Å². The van der Waals surface area contributed by atoms with E-state index in [0.717, 1.165) is 62.6 Å². The first-order valence-corrected chi connectivity index (χ1v) is 9.80. The molecule has 0 N–H and O–H groups in total. The molecular weight excluding hydrogens is 359 g/mol. The highest BCUT2D eigenvalue weighted by molar-refractivity contribution is 5.76.